The molecule has 1 unspecified atom stereocenters. The average molecular weight is 516 g/mol. The van der Waals surface area contributed by atoms with Crippen LogP contribution in [-0.2, 0) is 22.6 Å². The maximum atomic E-state index is 12.6. The number of rotatable bonds is 10. The topological polar surface area (TPSA) is 57.6 Å². The van der Waals surface area contributed by atoms with Crippen LogP contribution < -0.4 is 0 Å². The first-order valence-corrected chi connectivity index (χ1v) is 13.3. The first-order valence-electron chi connectivity index (χ1n) is 12.9. The second-order valence-electron chi connectivity index (χ2n) is 9.17. The molecule has 0 aromatic heterocycles. The van der Waals surface area contributed by atoms with Gasteiger partial charge in [0.25, 0.3) is 0 Å². The van der Waals surface area contributed by atoms with Crippen molar-refractivity contribution in [3.05, 3.63) is 106 Å². The molecule has 0 heterocycles. The van der Waals surface area contributed by atoms with E-state index in [0.29, 0.717) is 11.4 Å². The van der Waals surface area contributed by atoms with Crippen LogP contribution in [0.1, 0.15) is 79.8 Å². The summed E-state index contributed by atoms with van der Waals surface area (Å²) in [5.74, 6) is 3.98. The van der Waals surface area contributed by atoms with Crippen molar-refractivity contribution in [1.29, 1.82) is 0 Å². The molecule has 3 aromatic carbocycles. The van der Waals surface area contributed by atoms with Gasteiger partial charge in [0.1, 0.15) is 0 Å². The van der Waals surface area contributed by atoms with Gasteiger partial charge in [-0.25, -0.2) is 4.79 Å². The van der Waals surface area contributed by atoms with Gasteiger partial charge >= 0.3 is 11.9 Å². The van der Waals surface area contributed by atoms with Crippen LogP contribution >= 0.6 is 11.6 Å². The SMILES string of the molecule is CCCCCCc1ccc(C#Cc2ccc(CN(C(=O)C(=O)O)C(CC)c3cccc(Cl)c3)cc2)cc1. The summed E-state index contributed by atoms with van der Waals surface area (Å²) in [5, 5.41) is 9.99. The van der Waals surface area contributed by atoms with Crippen LogP contribution in [0.3, 0.4) is 0 Å². The zero-order valence-electron chi connectivity index (χ0n) is 21.5. The molecule has 0 aliphatic carbocycles. The molecule has 5 heteroatoms. The smallest absolute Gasteiger partial charge is 0.394 e. The number of carbonyl (C=O) groups is 2. The summed E-state index contributed by atoms with van der Waals surface area (Å²) in [7, 11) is 0. The Morgan fingerprint density at radius 2 is 1.49 bits per heavy atom. The van der Waals surface area contributed by atoms with Gasteiger partial charge in [-0.05, 0) is 72.4 Å². The van der Waals surface area contributed by atoms with E-state index in [1.807, 2.05) is 37.3 Å². The van der Waals surface area contributed by atoms with E-state index in [0.717, 1.165) is 28.7 Å². The second kappa shape index (κ2) is 14.3. The van der Waals surface area contributed by atoms with Crippen molar-refractivity contribution in [3.8, 4) is 11.8 Å². The van der Waals surface area contributed by atoms with Crippen LogP contribution in [0.15, 0.2) is 72.8 Å². The lowest BCUT2D eigenvalue weighted by Crippen LogP contribution is -2.38. The standard InChI is InChI=1S/C32H34ClNO3/c1-3-5-6-7-9-24-12-14-25(15-13-24)16-17-26-18-20-27(21-19-26)23-34(31(35)32(36)37)30(4-2)28-10-8-11-29(33)22-28/h8,10-15,18-22,30H,3-7,9,23H2,1-2H3,(H,36,37). The number of aliphatic carboxylic acids is 1. The quantitative estimate of drug-likeness (QED) is 0.173. The van der Waals surface area contributed by atoms with Crippen molar-refractivity contribution in [3.63, 3.8) is 0 Å². The van der Waals surface area contributed by atoms with Crippen LogP contribution in [0.5, 0.6) is 0 Å². The van der Waals surface area contributed by atoms with Crippen molar-refractivity contribution in [2.75, 3.05) is 0 Å². The highest BCUT2D eigenvalue weighted by Crippen LogP contribution is 2.28. The Bertz CT molecular complexity index is 1240. The number of hydrogen-bond donors (Lipinski definition) is 1. The van der Waals surface area contributed by atoms with Gasteiger partial charge in [-0.15, -0.1) is 0 Å². The summed E-state index contributed by atoms with van der Waals surface area (Å²) in [6, 6.07) is 22.8. The molecule has 3 aromatic rings. The molecule has 192 valence electrons. The second-order valence-corrected chi connectivity index (χ2v) is 9.61. The van der Waals surface area contributed by atoms with Crippen LogP contribution in [0.2, 0.25) is 5.02 Å². The highest BCUT2D eigenvalue weighted by Gasteiger charge is 2.28. The van der Waals surface area contributed by atoms with Gasteiger partial charge < -0.3 is 10.0 Å². The Hall–Kier alpha value is -3.55. The van der Waals surface area contributed by atoms with Gasteiger partial charge in [-0.3, -0.25) is 4.79 Å². The molecule has 0 radical (unpaired) electrons. The molecular weight excluding hydrogens is 482 g/mol. The molecule has 0 aliphatic rings. The van der Waals surface area contributed by atoms with Crippen molar-refractivity contribution >= 4 is 23.5 Å². The summed E-state index contributed by atoms with van der Waals surface area (Å²) >= 11 is 6.15. The average Bonchev–Trinajstić information content (AvgIpc) is 2.91. The Morgan fingerprint density at radius 1 is 0.865 bits per heavy atom. The maximum absolute atomic E-state index is 12.6. The molecule has 1 atom stereocenters. The molecule has 0 spiro atoms. The lowest BCUT2D eigenvalue weighted by molar-refractivity contribution is -0.157. The number of amides is 1. The Balaban J connectivity index is 1.70. The third-order valence-corrected chi connectivity index (χ3v) is 6.61. The van der Waals surface area contributed by atoms with E-state index in [2.05, 4.69) is 43.0 Å². The van der Waals surface area contributed by atoms with E-state index in [-0.39, 0.29) is 6.54 Å². The zero-order chi connectivity index (χ0) is 26.6. The number of carboxylic acid groups (broad SMARTS) is 1. The third kappa shape index (κ3) is 8.51. The van der Waals surface area contributed by atoms with Gasteiger partial charge in [0.15, 0.2) is 0 Å². The zero-order valence-corrected chi connectivity index (χ0v) is 22.3. The third-order valence-electron chi connectivity index (χ3n) is 6.37. The molecule has 0 aliphatic heterocycles. The minimum atomic E-state index is -1.48. The molecule has 37 heavy (non-hydrogen) atoms. The molecular formula is C32H34ClNO3. The first-order chi connectivity index (χ1) is 17.9. The van der Waals surface area contributed by atoms with Crippen LogP contribution in [0, 0.1) is 11.8 Å². The van der Waals surface area contributed by atoms with Gasteiger partial charge in [0.05, 0.1) is 6.04 Å². The number of carboxylic acids is 1. The van der Waals surface area contributed by atoms with Gasteiger partial charge in [-0.2, -0.15) is 0 Å². The Labute approximate surface area is 225 Å². The summed E-state index contributed by atoms with van der Waals surface area (Å²) in [6.45, 7) is 4.31. The molecule has 0 fully saturated rings. The summed E-state index contributed by atoms with van der Waals surface area (Å²) in [5.41, 5.74) is 4.79. The fourth-order valence-corrected chi connectivity index (χ4v) is 4.54. The molecule has 4 nitrogen and oxygen atoms in total. The molecule has 0 bridgehead atoms. The van der Waals surface area contributed by atoms with Crippen LogP contribution in [0.25, 0.3) is 0 Å². The van der Waals surface area contributed by atoms with E-state index < -0.39 is 17.9 Å². The number of halogens is 1. The van der Waals surface area contributed by atoms with E-state index >= 15 is 0 Å². The predicted octanol–water partition coefficient (Wildman–Crippen LogP) is 7.43. The van der Waals surface area contributed by atoms with Crippen molar-refractivity contribution in [1.82, 2.24) is 4.90 Å². The molecule has 1 amide bonds. The first kappa shape index (κ1) is 28.0. The fourth-order valence-electron chi connectivity index (χ4n) is 4.34. The van der Waals surface area contributed by atoms with Crippen LogP contribution in [-0.4, -0.2) is 21.9 Å². The lowest BCUT2D eigenvalue weighted by Gasteiger charge is -2.30. The molecule has 0 saturated heterocycles. The van der Waals surface area contributed by atoms with Gasteiger partial charge in [0, 0.05) is 22.7 Å². The Kier molecular flexibility index (Phi) is 10.8. The molecule has 3 rings (SSSR count). The van der Waals surface area contributed by atoms with Crippen molar-refractivity contribution < 1.29 is 14.7 Å². The highest BCUT2D eigenvalue weighted by molar-refractivity contribution is 6.31. The predicted molar refractivity (Wildman–Crippen MR) is 149 cm³/mol. The summed E-state index contributed by atoms with van der Waals surface area (Å²) in [6.07, 6.45) is 6.69. The van der Waals surface area contributed by atoms with Gasteiger partial charge in [-0.1, -0.05) is 92.9 Å². The summed E-state index contributed by atoms with van der Waals surface area (Å²) < 4.78 is 0. The fraction of sp³-hybridized carbons (Fsp3) is 0.312. The van der Waals surface area contributed by atoms with E-state index in [9.17, 15) is 14.7 Å². The molecule has 1 N–H and O–H groups in total. The van der Waals surface area contributed by atoms with Crippen molar-refractivity contribution in [2.45, 2.75) is 65.0 Å². The number of aryl methyl sites for hydroxylation is 1. The minimum absolute atomic E-state index is 0.170. The number of nitrogens with zero attached hydrogens (tertiary/aromatic N) is 1. The minimum Gasteiger partial charge on any atom is -0.474 e. The monoisotopic (exact) mass is 515 g/mol. The largest absolute Gasteiger partial charge is 0.474 e. The normalized spacial score (nSPS) is 11.3. The highest BCUT2D eigenvalue weighted by atomic mass is 35.5. The van der Waals surface area contributed by atoms with Gasteiger partial charge in [0.2, 0.25) is 0 Å². The Morgan fingerprint density at radius 3 is 2.03 bits per heavy atom. The van der Waals surface area contributed by atoms with Crippen molar-refractivity contribution in [2.24, 2.45) is 0 Å². The lowest BCUT2D eigenvalue weighted by atomic mass is 10.0. The maximum Gasteiger partial charge on any atom is 0.394 e. The molecule has 0 saturated carbocycles. The number of benzene rings is 3. The summed E-state index contributed by atoms with van der Waals surface area (Å²) in [4.78, 5) is 25.6. The van der Waals surface area contributed by atoms with E-state index in [1.165, 1.54) is 36.1 Å². The van der Waals surface area contributed by atoms with E-state index in [1.54, 1.807) is 18.2 Å². The number of unbranched alkanes of at least 4 members (excludes halogenated alkanes) is 3. The van der Waals surface area contributed by atoms with Crippen LogP contribution in [0.4, 0.5) is 0 Å². The van der Waals surface area contributed by atoms with E-state index in [4.69, 9.17) is 11.6 Å². The number of carbonyl (C=O) groups excluding carboxylic acids is 1. The number of hydrogen-bond acceptors (Lipinski definition) is 2.